The Kier molecular flexibility index (Phi) is 53.6. The van der Waals surface area contributed by atoms with Gasteiger partial charge in [0.15, 0.2) is 6.10 Å². The topological polar surface area (TPSA) is 78.9 Å². The molecule has 0 fully saturated rings. The van der Waals surface area contributed by atoms with Gasteiger partial charge in [-0.1, -0.05) is 224 Å². The Morgan fingerprint density at radius 2 is 0.535 bits per heavy atom. The van der Waals surface area contributed by atoms with E-state index < -0.39 is 6.10 Å². The van der Waals surface area contributed by atoms with Gasteiger partial charge >= 0.3 is 17.9 Å². The zero-order chi connectivity index (χ0) is 51.4. The fourth-order valence-electron chi connectivity index (χ4n) is 6.94. The standard InChI is InChI=1S/C65H100O6/c1-4-7-10-13-16-19-22-25-27-29-30-31-32-33-34-36-37-40-43-46-49-52-55-58-64(67)70-61-62(60-69-63(66)57-54-51-48-45-42-39-24-21-18-15-12-9-6-3)71-65(68)59-56-53-50-47-44-41-38-35-28-26-23-20-17-14-11-8-5-2/h7-12,16-21,25-28,30-31,33-34,37,39-40,42,48,51,62H,4-6,13-15,22-24,29,32,35-36,38,41,43-47,49-50,52-61H2,1-3H3/b10-7-,11-8-,12-9-,19-16-,20-17-,21-18-,27-25-,28-26-,31-30-,34-33-,40-37-,42-39-,51-48-. The van der Waals surface area contributed by atoms with E-state index in [1.165, 1.54) is 19.3 Å². The van der Waals surface area contributed by atoms with Crippen LogP contribution in [0.1, 0.15) is 213 Å². The maximum Gasteiger partial charge on any atom is 0.306 e. The van der Waals surface area contributed by atoms with Crippen molar-refractivity contribution >= 4 is 17.9 Å². The summed E-state index contributed by atoms with van der Waals surface area (Å²) in [5, 5.41) is 0. The summed E-state index contributed by atoms with van der Waals surface area (Å²) in [6.07, 6.45) is 83.9. The van der Waals surface area contributed by atoms with E-state index in [4.69, 9.17) is 14.2 Å². The molecule has 0 amide bonds. The summed E-state index contributed by atoms with van der Waals surface area (Å²) >= 11 is 0. The first-order valence-electron chi connectivity index (χ1n) is 28.0. The highest BCUT2D eigenvalue weighted by Gasteiger charge is 2.19. The van der Waals surface area contributed by atoms with E-state index in [9.17, 15) is 14.4 Å². The third-order valence-corrected chi connectivity index (χ3v) is 11.0. The van der Waals surface area contributed by atoms with Crippen molar-refractivity contribution in [3.63, 3.8) is 0 Å². The molecule has 1 atom stereocenters. The van der Waals surface area contributed by atoms with Crippen LogP contribution in [0.4, 0.5) is 0 Å². The normalized spacial score (nSPS) is 13.3. The van der Waals surface area contributed by atoms with Crippen LogP contribution in [0, 0.1) is 0 Å². The van der Waals surface area contributed by atoms with Crippen LogP contribution in [-0.4, -0.2) is 37.2 Å². The number of carbonyl (C=O) groups excluding carboxylic acids is 3. The van der Waals surface area contributed by atoms with Gasteiger partial charge in [-0.3, -0.25) is 14.4 Å². The fourth-order valence-corrected chi connectivity index (χ4v) is 6.94. The second-order valence-electron chi connectivity index (χ2n) is 17.7. The van der Waals surface area contributed by atoms with Gasteiger partial charge in [-0.2, -0.15) is 0 Å². The van der Waals surface area contributed by atoms with E-state index in [1.807, 2.05) is 12.2 Å². The molecule has 0 aliphatic rings. The smallest absolute Gasteiger partial charge is 0.306 e. The van der Waals surface area contributed by atoms with Gasteiger partial charge in [-0.25, -0.2) is 0 Å². The monoisotopic (exact) mass is 977 g/mol. The number of rotatable bonds is 48. The first-order valence-corrected chi connectivity index (χ1v) is 28.0. The first kappa shape index (κ1) is 66.0. The number of allylic oxidation sites excluding steroid dienone is 26. The summed E-state index contributed by atoms with van der Waals surface area (Å²) in [5.74, 6) is -1.05. The Morgan fingerprint density at radius 1 is 0.282 bits per heavy atom. The Bertz CT molecular complexity index is 1640. The van der Waals surface area contributed by atoms with Crippen molar-refractivity contribution in [3.8, 4) is 0 Å². The molecule has 1 unspecified atom stereocenters. The van der Waals surface area contributed by atoms with Crippen molar-refractivity contribution in [2.75, 3.05) is 13.2 Å². The molecule has 0 radical (unpaired) electrons. The van der Waals surface area contributed by atoms with Crippen LogP contribution in [0.3, 0.4) is 0 Å². The molecule has 0 spiro atoms. The lowest BCUT2D eigenvalue weighted by Crippen LogP contribution is -2.30. The van der Waals surface area contributed by atoms with Crippen molar-refractivity contribution in [2.45, 2.75) is 219 Å². The number of hydrogen-bond donors (Lipinski definition) is 0. The van der Waals surface area contributed by atoms with Crippen LogP contribution in [0.15, 0.2) is 158 Å². The van der Waals surface area contributed by atoms with Crippen molar-refractivity contribution in [3.05, 3.63) is 158 Å². The average molecular weight is 978 g/mol. The summed E-state index contributed by atoms with van der Waals surface area (Å²) < 4.78 is 16.7. The zero-order valence-corrected chi connectivity index (χ0v) is 45.2. The minimum atomic E-state index is -0.831. The van der Waals surface area contributed by atoms with Gasteiger partial charge in [0.1, 0.15) is 13.2 Å². The maximum atomic E-state index is 12.8. The molecule has 0 aliphatic carbocycles. The molecule has 396 valence electrons. The van der Waals surface area contributed by atoms with Crippen LogP contribution in [0.25, 0.3) is 0 Å². The van der Waals surface area contributed by atoms with Crippen LogP contribution in [-0.2, 0) is 28.6 Å². The van der Waals surface area contributed by atoms with Gasteiger partial charge < -0.3 is 14.2 Å². The van der Waals surface area contributed by atoms with Gasteiger partial charge in [0.05, 0.1) is 0 Å². The van der Waals surface area contributed by atoms with Crippen LogP contribution >= 0.6 is 0 Å². The minimum absolute atomic E-state index is 0.125. The quantitative estimate of drug-likeness (QED) is 0.0262. The van der Waals surface area contributed by atoms with Crippen molar-refractivity contribution < 1.29 is 28.6 Å². The molecule has 0 aromatic rings. The van der Waals surface area contributed by atoms with Crippen LogP contribution < -0.4 is 0 Å². The lowest BCUT2D eigenvalue weighted by Gasteiger charge is -2.18. The number of carbonyl (C=O) groups is 3. The summed E-state index contributed by atoms with van der Waals surface area (Å²) in [6, 6.07) is 0. The number of hydrogen-bond acceptors (Lipinski definition) is 6. The fraction of sp³-hybridized carbons (Fsp3) is 0.554. The molecule has 0 rings (SSSR count). The number of unbranched alkanes of at least 4 members (excludes halogenated alkanes) is 11. The highest BCUT2D eigenvalue weighted by atomic mass is 16.6. The van der Waals surface area contributed by atoms with E-state index in [0.717, 1.165) is 148 Å². The second kappa shape index (κ2) is 57.6. The van der Waals surface area contributed by atoms with Crippen LogP contribution in [0.2, 0.25) is 0 Å². The molecule has 0 aromatic carbocycles. The Morgan fingerprint density at radius 3 is 0.873 bits per heavy atom. The van der Waals surface area contributed by atoms with Gasteiger partial charge in [0.2, 0.25) is 0 Å². The van der Waals surface area contributed by atoms with Gasteiger partial charge in [0, 0.05) is 19.3 Å². The Labute approximate surface area is 435 Å². The molecule has 0 saturated carbocycles. The third-order valence-electron chi connectivity index (χ3n) is 11.0. The van der Waals surface area contributed by atoms with E-state index in [1.54, 1.807) is 0 Å². The molecule has 6 nitrogen and oxygen atoms in total. The van der Waals surface area contributed by atoms with Crippen LogP contribution in [0.5, 0.6) is 0 Å². The van der Waals surface area contributed by atoms with Crippen molar-refractivity contribution in [2.24, 2.45) is 0 Å². The SMILES string of the molecule is CC/C=C\C/C=C\C/C=C\C/C=C\C/C=C\C/C=C\CCCCCCC(=O)OCC(COC(=O)CC/C=C\C/C=C\C/C=C\C/C=C\CC)OC(=O)CCCCCCCCC/C=C\C/C=C\C/C=C\CC. The zero-order valence-electron chi connectivity index (χ0n) is 45.2. The van der Waals surface area contributed by atoms with Gasteiger partial charge in [0.25, 0.3) is 0 Å². The molecule has 0 N–H and O–H groups in total. The van der Waals surface area contributed by atoms with Gasteiger partial charge in [-0.15, -0.1) is 0 Å². The summed E-state index contributed by atoms with van der Waals surface area (Å²) in [6.45, 7) is 6.18. The van der Waals surface area contributed by atoms with Crippen molar-refractivity contribution in [1.29, 1.82) is 0 Å². The molecule has 0 heterocycles. The summed E-state index contributed by atoms with van der Waals surface area (Å²) in [7, 11) is 0. The largest absolute Gasteiger partial charge is 0.462 e. The Hall–Kier alpha value is -4.97. The highest BCUT2D eigenvalue weighted by Crippen LogP contribution is 2.13. The summed E-state index contributed by atoms with van der Waals surface area (Å²) in [5.41, 5.74) is 0. The number of ether oxygens (including phenoxy) is 3. The predicted molar refractivity (Wildman–Crippen MR) is 306 cm³/mol. The average Bonchev–Trinajstić information content (AvgIpc) is 3.37. The van der Waals surface area contributed by atoms with Gasteiger partial charge in [-0.05, 0) is 128 Å². The van der Waals surface area contributed by atoms with E-state index in [0.29, 0.717) is 12.8 Å². The van der Waals surface area contributed by atoms with E-state index >= 15 is 0 Å². The number of esters is 3. The molecule has 0 aromatic heterocycles. The molecule has 0 aliphatic heterocycles. The summed E-state index contributed by atoms with van der Waals surface area (Å²) in [4.78, 5) is 38.1. The second-order valence-corrected chi connectivity index (χ2v) is 17.7. The molecular weight excluding hydrogens is 877 g/mol. The Balaban J connectivity index is 4.52. The molecule has 0 bridgehead atoms. The van der Waals surface area contributed by atoms with Crippen molar-refractivity contribution in [1.82, 2.24) is 0 Å². The third kappa shape index (κ3) is 55.8. The molecule has 6 heteroatoms. The molecular formula is C65H100O6. The maximum absolute atomic E-state index is 12.8. The highest BCUT2D eigenvalue weighted by molar-refractivity contribution is 5.71. The lowest BCUT2D eigenvalue weighted by atomic mass is 10.1. The minimum Gasteiger partial charge on any atom is -0.462 e. The molecule has 71 heavy (non-hydrogen) atoms. The van der Waals surface area contributed by atoms with E-state index in [2.05, 4.69) is 167 Å². The molecule has 0 saturated heterocycles. The lowest BCUT2D eigenvalue weighted by molar-refractivity contribution is -0.166. The van der Waals surface area contributed by atoms with E-state index in [-0.39, 0.29) is 44.0 Å². The predicted octanol–water partition coefficient (Wildman–Crippen LogP) is 19.0. The first-order chi connectivity index (χ1) is 35.0.